The Morgan fingerprint density at radius 2 is 1.91 bits per heavy atom. The molecule has 0 saturated carbocycles. The average Bonchev–Trinajstić information content (AvgIpc) is 2.88. The zero-order chi connectivity index (χ0) is 15.7. The van der Waals surface area contributed by atoms with Crippen molar-refractivity contribution in [3.63, 3.8) is 0 Å². The molecule has 0 aliphatic heterocycles. The molecule has 0 atom stereocenters. The fourth-order valence-corrected chi connectivity index (χ4v) is 3.14. The van der Waals surface area contributed by atoms with Gasteiger partial charge in [-0.1, -0.05) is 57.9 Å². The minimum atomic E-state index is -0.906. The van der Waals surface area contributed by atoms with Gasteiger partial charge in [0.2, 0.25) is 0 Å². The number of halogens is 2. The number of carboxylic acids is 1. The molecule has 2 aromatic carbocycles. The highest BCUT2D eigenvalue weighted by atomic mass is 79.9. The Morgan fingerprint density at radius 1 is 1.18 bits per heavy atom. The van der Waals surface area contributed by atoms with Gasteiger partial charge in [-0.15, -0.1) is 0 Å². The van der Waals surface area contributed by atoms with E-state index in [1.807, 2.05) is 48.6 Å². The standard InChI is InChI=1S/C18H12BrClO2/c19-14-9-13-7-12(8-16(13)17(10-14)18(21)22)2-1-11-3-5-15(20)6-4-11/h1-6,8-10H,7H2,(H,21,22)/b2-1+. The summed E-state index contributed by atoms with van der Waals surface area (Å²) in [5.74, 6) is -0.906. The Hall–Kier alpha value is -1.84. The maximum atomic E-state index is 11.4. The molecule has 110 valence electrons. The third kappa shape index (κ3) is 3.16. The van der Waals surface area contributed by atoms with Gasteiger partial charge in [0.25, 0.3) is 0 Å². The van der Waals surface area contributed by atoms with E-state index in [1.54, 1.807) is 6.07 Å². The van der Waals surface area contributed by atoms with Crippen LogP contribution in [0, 0.1) is 0 Å². The predicted molar refractivity (Wildman–Crippen MR) is 93.3 cm³/mol. The van der Waals surface area contributed by atoms with Crippen molar-refractivity contribution in [2.24, 2.45) is 0 Å². The molecule has 4 heteroatoms. The molecule has 0 saturated heterocycles. The van der Waals surface area contributed by atoms with Crippen molar-refractivity contribution in [3.8, 4) is 0 Å². The zero-order valence-electron chi connectivity index (χ0n) is 11.5. The maximum Gasteiger partial charge on any atom is 0.336 e. The number of allylic oxidation sites excluding steroid dienone is 2. The third-order valence-electron chi connectivity index (χ3n) is 3.55. The van der Waals surface area contributed by atoms with Crippen molar-refractivity contribution in [2.45, 2.75) is 6.42 Å². The van der Waals surface area contributed by atoms with Gasteiger partial charge in [0.15, 0.2) is 0 Å². The molecule has 2 aromatic rings. The average molecular weight is 376 g/mol. The van der Waals surface area contributed by atoms with E-state index in [1.165, 1.54) is 0 Å². The predicted octanol–water partition coefficient (Wildman–Crippen LogP) is 5.45. The lowest BCUT2D eigenvalue weighted by Gasteiger charge is -2.04. The second kappa shape index (κ2) is 6.11. The second-order valence-electron chi connectivity index (χ2n) is 5.11. The molecule has 1 aliphatic carbocycles. The minimum absolute atomic E-state index is 0.333. The van der Waals surface area contributed by atoms with Crippen LogP contribution in [-0.2, 0) is 6.42 Å². The lowest BCUT2D eigenvalue weighted by Crippen LogP contribution is -2.00. The van der Waals surface area contributed by atoms with Crippen LogP contribution in [0.2, 0.25) is 5.02 Å². The Balaban J connectivity index is 1.89. The van der Waals surface area contributed by atoms with Crippen LogP contribution in [0.15, 0.2) is 52.5 Å². The SMILES string of the molecule is O=C(O)c1cc(Br)cc2c1C=C(/C=C/c1ccc(Cl)cc1)C2. The molecule has 0 unspecified atom stereocenters. The lowest BCUT2D eigenvalue weighted by atomic mass is 10.0. The maximum absolute atomic E-state index is 11.4. The molecular formula is C18H12BrClO2. The molecule has 0 fully saturated rings. The highest BCUT2D eigenvalue weighted by molar-refractivity contribution is 9.10. The number of rotatable bonds is 3. The number of carbonyl (C=O) groups is 1. The summed E-state index contributed by atoms with van der Waals surface area (Å²) < 4.78 is 0.792. The summed E-state index contributed by atoms with van der Waals surface area (Å²) in [4.78, 5) is 11.4. The second-order valence-corrected chi connectivity index (χ2v) is 6.46. The van der Waals surface area contributed by atoms with E-state index in [-0.39, 0.29) is 0 Å². The van der Waals surface area contributed by atoms with Crippen LogP contribution in [0.5, 0.6) is 0 Å². The molecular weight excluding hydrogens is 364 g/mol. The Bertz CT molecular complexity index is 805. The Labute approximate surface area is 141 Å². The van der Waals surface area contributed by atoms with Crippen molar-refractivity contribution in [3.05, 3.63) is 79.8 Å². The number of benzene rings is 2. The highest BCUT2D eigenvalue weighted by Gasteiger charge is 2.19. The summed E-state index contributed by atoms with van der Waals surface area (Å²) in [6.45, 7) is 0. The van der Waals surface area contributed by atoms with Gasteiger partial charge in [-0.25, -0.2) is 4.79 Å². The Kier molecular flexibility index (Phi) is 4.19. The molecule has 22 heavy (non-hydrogen) atoms. The number of hydrogen-bond acceptors (Lipinski definition) is 1. The summed E-state index contributed by atoms with van der Waals surface area (Å²) in [7, 11) is 0. The van der Waals surface area contributed by atoms with Crippen molar-refractivity contribution in [2.75, 3.05) is 0 Å². The van der Waals surface area contributed by atoms with E-state index >= 15 is 0 Å². The van der Waals surface area contributed by atoms with E-state index in [2.05, 4.69) is 15.9 Å². The minimum Gasteiger partial charge on any atom is -0.478 e. The summed E-state index contributed by atoms with van der Waals surface area (Å²) in [5, 5.41) is 10.0. The van der Waals surface area contributed by atoms with E-state index in [0.717, 1.165) is 33.2 Å². The molecule has 0 radical (unpaired) electrons. The van der Waals surface area contributed by atoms with E-state index in [4.69, 9.17) is 11.6 Å². The van der Waals surface area contributed by atoms with Gasteiger partial charge in [0, 0.05) is 9.50 Å². The van der Waals surface area contributed by atoms with Gasteiger partial charge in [0.05, 0.1) is 5.56 Å². The fourth-order valence-electron chi connectivity index (χ4n) is 2.51. The van der Waals surface area contributed by atoms with Crippen LogP contribution in [-0.4, -0.2) is 11.1 Å². The van der Waals surface area contributed by atoms with Crippen molar-refractivity contribution in [1.29, 1.82) is 0 Å². The lowest BCUT2D eigenvalue weighted by molar-refractivity contribution is 0.0696. The molecule has 1 aliphatic rings. The van der Waals surface area contributed by atoms with E-state index in [0.29, 0.717) is 10.6 Å². The first kappa shape index (κ1) is 15.1. The first-order valence-electron chi connectivity index (χ1n) is 6.73. The Morgan fingerprint density at radius 3 is 2.59 bits per heavy atom. The monoisotopic (exact) mass is 374 g/mol. The number of carboxylic acid groups (broad SMARTS) is 1. The van der Waals surface area contributed by atoms with Crippen LogP contribution in [0.25, 0.3) is 12.2 Å². The quantitative estimate of drug-likeness (QED) is 0.774. The van der Waals surface area contributed by atoms with Crippen LogP contribution in [0.1, 0.15) is 27.0 Å². The van der Waals surface area contributed by atoms with Gasteiger partial charge in [-0.05, 0) is 52.9 Å². The molecule has 0 heterocycles. The fraction of sp³-hybridized carbons (Fsp3) is 0.0556. The third-order valence-corrected chi connectivity index (χ3v) is 4.25. The molecule has 2 nitrogen and oxygen atoms in total. The first-order valence-corrected chi connectivity index (χ1v) is 7.90. The van der Waals surface area contributed by atoms with Crippen molar-refractivity contribution < 1.29 is 9.90 Å². The molecule has 0 spiro atoms. The number of fused-ring (bicyclic) bond motifs is 1. The summed E-state index contributed by atoms with van der Waals surface area (Å²) >= 11 is 9.24. The largest absolute Gasteiger partial charge is 0.478 e. The number of aromatic carboxylic acids is 1. The molecule has 1 N–H and O–H groups in total. The zero-order valence-corrected chi connectivity index (χ0v) is 13.9. The van der Waals surface area contributed by atoms with Crippen LogP contribution >= 0.6 is 27.5 Å². The number of hydrogen-bond donors (Lipinski definition) is 1. The normalized spacial score (nSPS) is 13.3. The molecule has 0 amide bonds. The van der Waals surface area contributed by atoms with Crippen LogP contribution < -0.4 is 0 Å². The van der Waals surface area contributed by atoms with Gasteiger partial charge in [-0.3, -0.25) is 0 Å². The molecule has 0 bridgehead atoms. The van der Waals surface area contributed by atoms with Crippen molar-refractivity contribution in [1.82, 2.24) is 0 Å². The molecule has 3 rings (SSSR count). The van der Waals surface area contributed by atoms with E-state index < -0.39 is 5.97 Å². The summed E-state index contributed by atoms with van der Waals surface area (Å²) in [6, 6.07) is 11.2. The summed E-state index contributed by atoms with van der Waals surface area (Å²) in [5.41, 5.74) is 4.31. The van der Waals surface area contributed by atoms with Crippen molar-refractivity contribution >= 4 is 45.7 Å². The summed E-state index contributed by atoms with van der Waals surface area (Å²) in [6.07, 6.45) is 6.70. The van der Waals surface area contributed by atoms with Gasteiger partial charge in [0.1, 0.15) is 0 Å². The molecule has 0 aromatic heterocycles. The smallest absolute Gasteiger partial charge is 0.336 e. The first-order chi connectivity index (χ1) is 10.5. The van der Waals surface area contributed by atoms with E-state index in [9.17, 15) is 9.90 Å². The van der Waals surface area contributed by atoms with Gasteiger partial charge >= 0.3 is 5.97 Å². The van der Waals surface area contributed by atoms with Crippen LogP contribution in [0.4, 0.5) is 0 Å². The highest BCUT2D eigenvalue weighted by Crippen LogP contribution is 2.32. The van der Waals surface area contributed by atoms with Crippen LogP contribution in [0.3, 0.4) is 0 Å². The van der Waals surface area contributed by atoms with Gasteiger partial charge < -0.3 is 5.11 Å². The van der Waals surface area contributed by atoms with Gasteiger partial charge in [-0.2, -0.15) is 0 Å². The topological polar surface area (TPSA) is 37.3 Å².